The number of H-pyrrole nitrogens is 1. The van der Waals surface area contributed by atoms with Crippen LogP contribution in [0, 0.1) is 12.7 Å². The molecule has 2 atom stereocenters. The first-order valence-corrected chi connectivity index (χ1v) is 12.9. The molecule has 0 spiro atoms. The van der Waals surface area contributed by atoms with Gasteiger partial charge in [-0.05, 0) is 70.8 Å². The molecular formula is C29H36FN5O3. The Kier molecular flexibility index (Phi) is 8.28. The Bertz CT molecular complexity index is 1330. The van der Waals surface area contributed by atoms with Crippen LogP contribution in [-0.2, 0) is 11.3 Å². The normalized spacial score (nSPS) is 18.2. The van der Waals surface area contributed by atoms with Gasteiger partial charge >= 0.3 is 0 Å². The number of fused-ring (bicyclic) bond motifs is 1. The molecule has 4 rings (SSSR count). The number of hydrogen-bond acceptors (Lipinski definition) is 5. The molecule has 2 aromatic carbocycles. The second kappa shape index (κ2) is 11.4. The smallest absolute Gasteiger partial charge is 0.292 e. The van der Waals surface area contributed by atoms with Crippen LogP contribution < -0.4 is 5.32 Å². The summed E-state index contributed by atoms with van der Waals surface area (Å²) >= 11 is 0. The zero-order valence-electron chi connectivity index (χ0n) is 22.7. The maximum absolute atomic E-state index is 13.9. The second-order valence-electron chi connectivity index (χ2n) is 10.5. The van der Waals surface area contributed by atoms with Gasteiger partial charge in [0.1, 0.15) is 5.82 Å². The molecule has 0 bridgehead atoms. The number of likely N-dealkylation sites (N-methyl/N-ethyl adjacent to an activating group) is 1. The first kappa shape index (κ1) is 27.5. The Morgan fingerprint density at radius 1 is 1.05 bits per heavy atom. The molecular weight excluding hydrogens is 485 g/mol. The van der Waals surface area contributed by atoms with Crippen molar-refractivity contribution in [2.24, 2.45) is 0 Å². The van der Waals surface area contributed by atoms with E-state index in [0.717, 1.165) is 16.8 Å². The summed E-state index contributed by atoms with van der Waals surface area (Å²) in [4.78, 5) is 48.4. The van der Waals surface area contributed by atoms with Crippen LogP contribution in [-0.4, -0.2) is 89.6 Å². The second-order valence-corrected chi connectivity index (χ2v) is 10.5. The first-order chi connectivity index (χ1) is 18.0. The molecule has 3 aromatic rings. The van der Waals surface area contributed by atoms with E-state index in [2.05, 4.69) is 22.1 Å². The number of nitrogens with one attached hydrogen (secondary N) is 2. The summed E-state index contributed by atoms with van der Waals surface area (Å²) in [5.74, 6) is -1.64. The molecule has 202 valence electrons. The minimum absolute atomic E-state index is 0.0456. The third kappa shape index (κ3) is 5.95. The molecule has 1 aromatic heterocycles. The van der Waals surface area contributed by atoms with Crippen LogP contribution in [0.5, 0.6) is 0 Å². The number of ketones is 1. The highest BCUT2D eigenvalue weighted by molar-refractivity contribution is 6.43. The number of Topliss-reactive ketones (excluding diaryl/α,β-unsaturated/α-hetero) is 1. The van der Waals surface area contributed by atoms with Crippen LogP contribution in [0.2, 0.25) is 0 Å². The molecule has 2 amide bonds. The van der Waals surface area contributed by atoms with Crippen LogP contribution in [0.1, 0.15) is 45.8 Å². The highest BCUT2D eigenvalue weighted by atomic mass is 19.1. The fraction of sp³-hybridized carbons (Fsp3) is 0.414. The van der Waals surface area contributed by atoms with E-state index in [0.29, 0.717) is 43.7 Å². The maximum atomic E-state index is 13.9. The average molecular weight is 522 g/mol. The molecule has 8 nitrogen and oxygen atoms in total. The molecule has 1 saturated heterocycles. The number of nitrogens with zero attached hydrogens (tertiary/aromatic N) is 3. The Hall–Kier alpha value is -3.56. The van der Waals surface area contributed by atoms with Crippen molar-refractivity contribution >= 4 is 28.5 Å². The van der Waals surface area contributed by atoms with Gasteiger partial charge in [0.15, 0.2) is 0 Å². The van der Waals surface area contributed by atoms with Crippen LogP contribution in [0.25, 0.3) is 10.9 Å². The van der Waals surface area contributed by atoms with Gasteiger partial charge in [-0.25, -0.2) is 4.39 Å². The molecule has 0 aliphatic carbocycles. The molecule has 2 unspecified atom stereocenters. The van der Waals surface area contributed by atoms with Gasteiger partial charge < -0.3 is 20.1 Å². The zero-order chi connectivity index (χ0) is 27.6. The number of piperazine rings is 1. The largest absolute Gasteiger partial charge is 0.358 e. The number of rotatable bonds is 8. The van der Waals surface area contributed by atoms with Crippen LogP contribution in [0.4, 0.5) is 4.39 Å². The number of carbonyl (C=O) groups is 3. The van der Waals surface area contributed by atoms with Crippen molar-refractivity contribution in [3.8, 4) is 0 Å². The molecule has 38 heavy (non-hydrogen) atoms. The number of hydrogen-bond donors (Lipinski definition) is 2. The molecule has 9 heteroatoms. The minimum Gasteiger partial charge on any atom is -0.358 e. The van der Waals surface area contributed by atoms with E-state index in [-0.39, 0.29) is 29.4 Å². The third-order valence-electron chi connectivity index (χ3n) is 7.19. The van der Waals surface area contributed by atoms with Crippen molar-refractivity contribution in [1.29, 1.82) is 0 Å². The van der Waals surface area contributed by atoms with Gasteiger partial charge in [-0.2, -0.15) is 0 Å². The molecule has 1 aliphatic heterocycles. The van der Waals surface area contributed by atoms with E-state index < -0.39 is 11.7 Å². The fourth-order valence-corrected chi connectivity index (χ4v) is 5.02. The number of halogens is 1. The van der Waals surface area contributed by atoms with Crippen molar-refractivity contribution in [1.82, 2.24) is 25.0 Å². The lowest BCUT2D eigenvalue weighted by Crippen LogP contribution is -2.57. The Labute approximate surface area is 222 Å². The van der Waals surface area contributed by atoms with Crippen molar-refractivity contribution in [3.63, 3.8) is 0 Å². The molecule has 1 fully saturated rings. The Balaban J connectivity index is 1.52. The number of aromatic nitrogens is 1. The van der Waals surface area contributed by atoms with Gasteiger partial charge in [0, 0.05) is 67.0 Å². The summed E-state index contributed by atoms with van der Waals surface area (Å²) in [5.41, 5.74) is 3.26. The predicted octanol–water partition coefficient (Wildman–Crippen LogP) is 3.21. The maximum Gasteiger partial charge on any atom is 0.292 e. The highest BCUT2D eigenvalue weighted by Gasteiger charge is 2.34. The molecule has 0 radical (unpaired) electrons. The van der Waals surface area contributed by atoms with Gasteiger partial charge in [-0.3, -0.25) is 19.3 Å². The van der Waals surface area contributed by atoms with Gasteiger partial charge in [-0.15, -0.1) is 0 Å². The number of amides is 2. The fourth-order valence-electron chi connectivity index (χ4n) is 5.02. The van der Waals surface area contributed by atoms with Crippen molar-refractivity contribution in [2.75, 3.05) is 40.3 Å². The number of benzene rings is 2. The average Bonchev–Trinajstić information content (AvgIpc) is 3.21. The number of carbonyl (C=O) groups excluding carboxylic acids is 3. The lowest BCUT2D eigenvalue weighted by Gasteiger charge is -2.44. The standard InChI is InChI=1S/C29H36FN5O3/c1-18-16-35(19(2)15-34(18)17-21-6-9-23(30)10-7-21)29(38)26-20(3)32-25-11-8-22(14-24(25)26)27(36)28(37)31-12-13-33(4)5/h6-11,14,18-19,32H,12-13,15-17H2,1-5H3,(H,31,37). The van der Waals surface area contributed by atoms with E-state index in [1.807, 2.05) is 37.7 Å². The van der Waals surface area contributed by atoms with E-state index in [9.17, 15) is 18.8 Å². The minimum atomic E-state index is -0.661. The van der Waals surface area contributed by atoms with Crippen molar-refractivity contribution < 1.29 is 18.8 Å². The molecule has 1 aliphatic rings. The summed E-state index contributed by atoms with van der Waals surface area (Å²) in [6, 6.07) is 11.6. The topological polar surface area (TPSA) is 88.8 Å². The van der Waals surface area contributed by atoms with Crippen molar-refractivity contribution in [2.45, 2.75) is 39.4 Å². The molecule has 2 N–H and O–H groups in total. The summed E-state index contributed by atoms with van der Waals surface area (Å²) in [5, 5.41) is 3.29. The lowest BCUT2D eigenvalue weighted by molar-refractivity contribution is -0.117. The summed E-state index contributed by atoms with van der Waals surface area (Å²) in [6.07, 6.45) is 0. The lowest BCUT2D eigenvalue weighted by atomic mass is 10.0. The third-order valence-corrected chi connectivity index (χ3v) is 7.19. The monoisotopic (exact) mass is 521 g/mol. The zero-order valence-corrected chi connectivity index (χ0v) is 22.7. The highest BCUT2D eigenvalue weighted by Crippen LogP contribution is 2.28. The quantitative estimate of drug-likeness (QED) is 0.351. The van der Waals surface area contributed by atoms with E-state index in [1.165, 1.54) is 12.1 Å². The number of aromatic amines is 1. The predicted molar refractivity (Wildman–Crippen MR) is 146 cm³/mol. The molecule has 2 heterocycles. The van der Waals surface area contributed by atoms with E-state index >= 15 is 0 Å². The molecule has 0 saturated carbocycles. The van der Waals surface area contributed by atoms with E-state index in [1.54, 1.807) is 30.3 Å². The first-order valence-electron chi connectivity index (χ1n) is 12.9. The summed E-state index contributed by atoms with van der Waals surface area (Å²) < 4.78 is 13.3. The van der Waals surface area contributed by atoms with E-state index in [4.69, 9.17) is 0 Å². The Morgan fingerprint density at radius 3 is 2.45 bits per heavy atom. The van der Waals surface area contributed by atoms with Crippen molar-refractivity contribution in [3.05, 3.63) is 70.7 Å². The Morgan fingerprint density at radius 2 is 1.76 bits per heavy atom. The van der Waals surface area contributed by atoms with Gasteiger partial charge in [-0.1, -0.05) is 12.1 Å². The number of aryl methyl sites for hydroxylation is 1. The van der Waals surface area contributed by atoms with Gasteiger partial charge in [0.05, 0.1) is 5.56 Å². The SMILES string of the molecule is Cc1[nH]c2ccc(C(=O)C(=O)NCCN(C)C)cc2c1C(=O)N1CC(C)N(Cc2ccc(F)cc2)CC1C. The van der Waals surface area contributed by atoms with Crippen LogP contribution in [0.3, 0.4) is 0 Å². The summed E-state index contributed by atoms with van der Waals surface area (Å²) in [7, 11) is 3.78. The van der Waals surface area contributed by atoms with Crippen LogP contribution in [0.15, 0.2) is 42.5 Å². The van der Waals surface area contributed by atoms with Gasteiger partial charge in [0.2, 0.25) is 5.78 Å². The summed E-state index contributed by atoms with van der Waals surface area (Å²) in [6.45, 7) is 8.87. The van der Waals surface area contributed by atoms with Crippen LogP contribution >= 0.6 is 0 Å². The van der Waals surface area contributed by atoms with Gasteiger partial charge in [0.25, 0.3) is 11.8 Å².